The average Bonchev–Trinajstić information content (AvgIpc) is 3.42. The molecular formula is C22H21N3O5S. The number of nitrogens with zero attached hydrogens (tertiary/aromatic N) is 3. The molecule has 3 heterocycles. The van der Waals surface area contributed by atoms with E-state index in [9.17, 15) is 19.5 Å². The smallest absolute Gasteiger partial charge is 0.326 e. The van der Waals surface area contributed by atoms with Crippen molar-refractivity contribution in [1.29, 1.82) is 0 Å². The van der Waals surface area contributed by atoms with Gasteiger partial charge in [0.2, 0.25) is 0 Å². The summed E-state index contributed by atoms with van der Waals surface area (Å²) in [5.41, 5.74) is 3.39. The number of carbonyl (C=O) groups is 3. The molecule has 1 amide bonds. The number of carboxylic acid groups (broad SMARTS) is 1. The van der Waals surface area contributed by atoms with E-state index in [0.717, 1.165) is 38.8 Å². The zero-order valence-electron chi connectivity index (χ0n) is 17.1. The number of aryl methyl sites for hydroxylation is 1. The van der Waals surface area contributed by atoms with Gasteiger partial charge < -0.3 is 19.3 Å². The van der Waals surface area contributed by atoms with Crippen molar-refractivity contribution in [2.24, 2.45) is 0 Å². The van der Waals surface area contributed by atoms with Crippen LogP contribution in [0.4, 0.5) is 0 Å². The highest BCUT2D eigenvalue weighted by atomic mass is 32.1. The molecule has 2 aromatic heterocycles. The minimum absolute atomic E-state index is 0.0170. The quantitative estimate of drug-likeness (QED) is 0.468. The largest absolute Gasteiger partial charge is 0.496 e. The van der Waals surface area contributed by atoms with E-state index in [1.807, 2.05) is 29.7 Å². The number of carboxylic acids is 1. The van der Waals surface area contributed by atoms with Crippen molar-refractivity contribution in [1.82, 2.24) is 14.5 Å². The van der Waals surface area contributed by atoms with Crippen LogP contribution >= 0.6 is 11.3 Å². The molecule has 1 N–H and O–H groups in total. The number of imidazole rings is 1. The van der Waals surface area contributed by atoms with E-state index in [1.165, 1.54) is 0 Å². The van der Waals surface area contributed by atoms with Gasteiger partial charge in [-0.15, -0.1) is 11.3 Å². The van der Waals surface area contributed by atoms with Crippen molar-refractivity contribution < 1.29 is 24.2 Å². The van der Waals surface area contributed by atoms with Crippen molar-refractivity contribution in [3.63, 3.8) is 0 Å². The fraction of sp³-hybridized carbons (Fsp3) is 0.273. The van der Waals surface area contributed by atoms with E-state index in [1.54, 1.807) is 30.9 Å². The summed E-state index contributed by atoms with van der Waals surface area (Å²) in [7, 11) is 1.62. The Bertz CT molecular complexity index is 1150. The molecule has 3 aromatic rings. The molecule has 31 heavy (non-hydrogen) atoms. The molecule has 0 spiro atoms. The molecule has 0 aliphatic carbocycles. The number of carbonyl (C=O) groups excluding carboxylic acids is 2. The average molecular weight is 439 g/mol. The Labute approximate surface area is 182 Å². The molecule has 0 fully saturated rings. The highest BCUT2D eigenvalue weighted by Crippen LogP contribution is 2.26. The summed E-state index contributed by atoms with van der Waals surface area (Å²) in [6.45, 7) is 2.46. The number of aromatic nitrogens is 2. The summed E-state index contributed by atoms with van der Waals surface area (Å²) in [5, 5.41) is 11.5. The van der Waals surface area contributed by atoms with Crippen LogP contribution in [0.25, 0.3) is 0 Å². The molecule has 1 atom stereocenters. The molecule has 160 valence electrons. The summed E-state index contributed by atoms with van der Waals surface area (Å²) in [6.07, 6.45) is 1.74. The SMILES string of the molecule is COc1ccc(Cn2cnc3c2C[C@@H](C(=O)O)N(C(=O)C(=O)c2cccs2)C3)cc1C. The predicted molar refractivity (Wildman–Crippen MR) is 113 cm³/mol. The van der Waals surface area contributed by atoms with Gasteiger partial charge in [0.1, 0.15) is 11.8 Å². The van der Waals surface area contributed by atoms with Gasteiger partial charge >= 0.3 is 5.97 Å². The Morgan fingerprint density at radius 2 is 2.10 bits per heavy atom. The van der Waals surface area contributed by atoms with Gasteiger partial charge in [0.25, 0.3) is 11.7 Å². The van der Waals surface area contributed by atoms with Crippen LogP contribution in [0, 0.1) is 6.92 Å². The Kier molecular flexibility index (Phi) is 5.60. The molecule has 0 saturated heterocycles. The van der Waals surface area contributed by atoms with Crippen molar-refractivity contribution in [2.75, 3.05) is 7.11 Å². The molecule has 0 radical (unpaired) electrons. The number of amides is 1. The maximum absolute atomic E-state index is 12.8. The molecule has 0 saturated carbocycles. The molecule has 0 unspecified atom stereocenters. The highest BCUT2D eigenvalue weighted by molar-refractivity contribution is 7.13. The lowest BCUT2D eigenvalue weighted by Gasteiger charge is -2.32. The normalized spacial score (nSPS) is 15.4. The zero-order chi connectivity index (χ0) is 22.1. The van der Waals surface area contributed by atoms with E-state index < -0.39 is 23.7 Å². The second-order valence-electron chi connectivity index (χ2n) is 7.37. The van der Waals surface area contributed by atoms with Gasteiger partial charge in [-0.1, -0.05) is 18.2 Å². The maximum Gasteiger partial charge on any atom is 0.326 e. The number of rotatable bonds is 6. The number of ether oxygens (including phenoxy) is 1. The van der Waals surface area contributed by atoms with Crippen LogP contribution in [0.15, 0.2) is 42.0 Å². The zero-order valence-corrected chi connectivity index (χ0v) is 17.9. The number of benzene rings is 1. The van der Waals surface area contributed by atoms with E-state index in [-0.39, 0.29) is 13.0 Å². The second kappa shape index (κ2) is 8.35. The standard InChI is InChI=1S/C22H21N3O5S/c1-13-8-14(5-6-18(13)30-2)10-24-12-23-15-11-25(17(22(28)29)9-16(15)24)21(27)20(26)19-4-3-7-31-19/h3-8,12,17H,9-11H2,1-2H3,(H,28,29)/t17-/m0/s1. The van der Waals surface area contributed by atoms with Crippen LogP contribution in [0.2, 0.25) is 0 Å². The van der Waals surface area contributed by atoms with Crippen LogP contribution in [0.1, 0.15) is 32.2 Å². The van der Waals surface area contributed by atoms with Gasteiger partial charge in [0.15, 0.2) is 0 Å². The van der Waals surface area contributed by atoms with E-state index in [0.29, 0.717) is 17.1 Å². The summed E-state index contributed by atoms with van der Waals surface area (Å²) >= 11 is 1.15. The molecule has 0 bridgehead atoms. The summed E-state index contributed by atoms with van der Waals surface area (Å²) in [5.74, 6) is -1.86. The number of fused-ring (bicyclic) bond motifs is 1. The van der Waals surface area contributed by atoms with Crippen LogP contribution in [-0.4, -0.2) is 50.4 Å². The fourth-order valence-electron chi connectivity index (χ4n) is 3.83. The van der Waals surface area contributed by atoms with Gasteiger partial charge in [-0.05, 0) is 35.6 Å². The summed E-state index contributed by atoms with van der Waals surface area (Å²) < 4.78 is 7.20. The first-order valence-electron chi connectivity index (χ1n) is 9.67. The Morgan fingerprint density at radius 3 is 2.74 bits per heavy atom. The fourth-order valence-corrected chi connectivity index (χ4v) is 4.49. The lowest BCUT2D eigenvalue weighted by Crippen LogP contribution is -2.51. The van der Waals surface area contributed by atoms with E-state index in [4.69, 9.17) is 4.74 Å². The number of aliphatic carboxylic acids is 1. The van der Waals surface area contributed by atoms with Gasteiger partial charge in [0.05, 0.1) is 30.6 Å². The van der Waals surface area contributed by atoms with Crippen molar-refractivity contribution in [3.8, 4) is 5.75 Å². The number of hydrogen-bond acceptors (Lipinski definition) is 6. The Balaban J connectivity index is 1.60. The maximum atomic E-state index is 12.8. The van der Waals surface area contributed by atoms with Crippen molar-refractivity contribution in [3.05, 3.63) is 69.4 Å². The summed E-state index contributed by atoms with van der Waals surface area (Å²) in [4.78, 5) is 43.0. The Hall–Kier alpha value is -3.46. The first kappa shape index (κ1) is 20.8. The van der Waals surface area contributed by atoms with Gasteiger partial charge in [-0.25, -0.2) is 9.78 Å². The van der Waals surface area contributed by atoms with E-state index >= 15 is 0 Å². The van der Waals surface area contributed by atoms with Gasteiger partial charge in [-0.3, -0.25) is 9.59 Å². The van der Waals surface area contributed by atoms with Crippen molar-refractivity contribution in [2.45, 2.75) is 32.5 Å². The first-order valence-corrected chi connectivity index (χ1v) is 10.5. The third-order valence-corrected chi connectivity index (χ3v) is 6.28. The van der Waals surface area contributed by atoms with Crippen molar-refractivity contribution >= 4 is 29.0 Å². The molecular weight excluding hydrogens is 418 g/mol. The van der Waals surface area contributed by atoms with Crippen LogP contribution in [0.3, 0.4) is 0 Å². The van der Waals surface area contributed by atoms with Gasteiger partial charge in [0, 0.05) is 18.7 Å². The molecule has 4 rings (SSSR count). The molecule has 1 aromatic carbocycles. The monoisotopic (exact) mass is 439 g/mol. The lowest BCUT2D eigenvalue weighted by molar-refractivity contribution is -0.149. The number of hydrogen-bond donors (Lipinski definition) is 1. The topological polar surface area (TPSA) is 102 Å². The highest BCUT2D eigenvalue weighted by Gasteiger charge is 2.39. The molecule has 1 aliphatic heterocycles. The number of methoxy groups -OCH3 is 1. The minimum Gasteiger partial charge on any atom is -0.496 e. The van der Waals surface area contributed by atoms with Gasteiger partial charge in [-0.2, -0.15) is 0 Å². The van der Waals surface area contributed by atoms with Crippen LogP contribution in [0.5, 0.6) is 5.75 Å². The Morgan fingerprint density at radius 1 is 1.29 bits per heavy atom. The third kappa shape index (κ3) is 3.96. The summed E-state index contributed by atoms with van der Waals surface area (Å²) in [6, 6.07) is 7.96. The molecule has 9 heteroatoms. The second-order valence-corrected chi connectivity index (χ2v) is 8.32. The molecule has 8 nitrogen and oxygen atoms in total. The minimum atomic E-state index is -1.15. The third-order valence-electron chi connectivity index (χ3n) is 5.41. The van der Waals surface area contributed by atoms with Crippen LogP contribution < -0.4 is 4.74 Å². The molecule has 1 aliphatic rings. The van der Waals surface area contributed by atoms with E-state index in [2.05, 4.69) is 4.98 Å². The van der Waals surface area contributed by atoms with Crippen LogP contribution in [-0.2, 0) is 29.1 Å². The first-order chi connectivity index (χ1) is 14.9. The lowest BCUT2D eigenvalue weighted by atomic mass is 10.0. The predicted octanol–water partition coefficient (Wildman–Crippen LogP) is 2.53. The number of ketones is 1. The number of Topliss-reactive ketones (excluding diaryl/α,β-unsaturated/α-hetero) is 1. The number of thiophene rings is 1.